The molecule has 0 N–H and O–H groups in total. The lowest BCUT2D eigenvalue weighted by atomic mass is 9.92. The van der Waals surface area contributed by atoms with E-state index in [2.05, 4.69) is 31.0 Å². The van der Waals surface area contributed by atoms with Gasteiger partial charge in [-0.2, -0.15) is 0 Å². The van der Waals surface area contributed by atoms with Crippen LogP contribution in [0.4, 0.5) is 0 Å². The van der Waals surface area contributed by atoms with Gasteiger partial charge in [0.05, 0.1) is 12.2 Å². The van der Waals surface area contributed by atoms with E-state index in [0.717, 1.165) is 19.3 Å². The lowest BCUT2D eigenvalue weighted by Gasteiger charge is -2.28. The first-order chi connectivity index (χ1) is 9.15. The van der Waals surface area contributed by atoms with Gasteiger partial charge in [0.2, 0.25) is 21.8 Å². The minimum absolute atomic E-state index is 0.0136. The summed E-state index contributed by atoms with van der Waals surface area (Å²) in [5.41, 5.74) is 0.0924. The second-order valence-electron chi connectivity index (χ2n) is 6.73. The SMILES string of the molecule is CC(C)(C)Cc1nnc(C2CCCN(S(C)(=O)=O)C2)o1. The highest BCUT2D eigenvalue weighted by atomic mass is 32.2. The third kappa shape index (κ3) is 4.02. The number of hydrogen-bond donors (Lipinski definition) is 0. The van der Waals surface area contributed by atoms with Gasteiger partial charge in [-0.25, -0.2) is 12.7 Å². The van der Waals surface area contributed by atoms with E-state index >= 15 is 0 Å². The van der Waals surface area contributed by atoms with Crippen LogP contribution in [0.5, 0.6) is 0 Å². The Kier molecular flexibility index (Phi) is 4.20. The summed E-state index contributed by atoms with van der Waals surface area (Å²) < 4.78 is 30.4. The largest absolute Gasteiger partial charge is 0.425 e. The topological polar surface area (TPSA) is 76.3 Å². The number of sulfonamides is 1. The van der Waals surface area contributed by atoms with E-state index in [-0.39, 0.29) is 11.3 Å². The quantitative estimate of drug-likeness (QED) is 0.851. The van der Waals surface area contributed by atoms with Crippen molar-refractivity contribution in [2.75, 3.05) is 19.3 Å². The van der Waals surface area contributed by atoms with Crippen molar-refractivity contribution in [1.82, 2.24) is 14.5 Å². The number of hydrogen-bond acceptors (Lipinski definition) is 5. The van der Waals surface area contributed by atoms with Crippen LogP contribution in [0, 0.1) is 5.41 Å². The van der Waals surface area contributed by atoms with Gasteiger partial charge in [0.15, 0.2) is 0 Å². The molecule has 1 atom stereocenters. The molecule has 2 rings (SSSR count). The van der Waals surface area contributed by atoms with Crippen LogP contribution in [0.25, 0.3) is 0 Å². The molecular formula is C13H23N3O3S. The summed E-state index contributed by atoms with van der Waals surface area (Å²) in [6.07, 6.45) is 3.69. The van der Waals surface area contributed by atoms with E-state index in [1.54, 1.807) is 0 Å². The van der Waals surface area contributed by atoms with Gasteiger partial charge in [0.1, 0.15) is 0 Å². The lowest BCUT2D eigenvalue weighted by molar-refractivity contribution is 0.275. The van der Waals surface area contributed by atoms with Crippen molar-refractivity contribution >= 4 is 10.0 Å². The van der Waals surface area contributed by atoms with E-state index in [1.807, 2.05) is 0 Å². The van der Waals surface area contributed by atoms with E-state index in [4.69, 9.17) is 4.42 Å². The summed E-state index contributed by atoms with van der Waals surface area (Å²) in [6, 6.07) is 0. The standard InChI is InChI=1S/C13H23N3O3S/c1-13(2,3)8-11-14-15-12(19-11)10-6-5-7-16(9-10)20(4,17)18/h10H,5-9H2,1-4H3. The third-order valence-electron chi connectivity index (χ3n) is 3.37. The Labute approximate surface area is 120 Å². The van der Waals surface area contributed by atoms with Crippen molar-refractivity contribution in [3.05, 3.63) is 11.8 Å². The average molecular weight is 301 g/mol. The zero-order valence-electron chi connectivity index (χ0n) is 12.6. The molecule has 0 spiro atoms. The molecule has 6 nitrogen and oxygen atoms in total. The van der Waals surface area contributed by atoms with Crippen molar-refractivity contribution in [3.8, 4) is 0 Å². The first-order valence-electron chi connectivity index (χ1n) is 6.92. The van der Waals surface area contributed by atoms with Crippen LogP contribution in [0.1, 0.15) is 51.3 Å². The Bertz CT molecular complexity index is 560. The second-order valence-corrected chi connectivity index (χ2v) is 8.71. The summed E-state index contributed by atoms with van der Waals surface area (Å²) in [5.74, 6) is 1.21. The van der Waals surface area contributed by atoms with E-state index in [0.29, 0.717) is 24.9 Å². The highest BCUT2D eigenvalue weighted by Crippen LogP contribution is 2.28. The zero-order valence-corrected chi connectivity index (χ0v) is 13.4. The monoisotopic (exact) mass is 301 g/mol. The maximum absolute atomic E-state index is 11.6. The molecule has 0 aliphatic carbocycles. The summed E-state index contributed by atoms with van der Waals surface area (Å²) in [6.45, 7) is 7.36. The fourth-order valence-corrected chi connectivity index (χ4v) is 3.31. The van der Waals surface area contributed by atoms with Crippen molar-refractivity contribution in [3.63, 3.8) is 0 Å². The Morgan fingerprint density at radius 3 is 2.65 bits per heavy atom. The fraction of sp³-hybridized carbons (Fsp3) is 0.846. The number of piperidine rings is 1. The molecule has 1 saturated heterocycles. The van der Waals surface area contributed by atoms with E-state index < -0.39 is 10.0 Å². The molecule has 1 unspecified atom stereocenters. The van der Waals surface area contributed by atoms with Gasteiger partial charge in [0, 0.05) is 19.5 Å². The molecule has 20 heavy (non-hydrogen) atoms. The van der Waals surface area contributed by atoms with Gasteiger partial charge in [-0.15, -0.1) is 10.2 Å². The Balaban J connectivity index is 2.08. The molecule has 0 radical (unpaired) electrons. The molecule has 0 saturated carbocycles. The van der Waals surface area contributed by atoms with Gasteiger partial charge in [-0.05, 0) is 18.3 Å². The summed E-state index contributed by atoms with van der Waals surface area (Å²) in [4.78, 5) is 0. The molecule has 2 heterocycles. The average Bonchev–Trinajstić information content (AvgIpc) is 2.74. The van der Waals surface area contributed by atoms with Crippen molar-refractivity contribution in [2.45, 2.75) is 46.0 Å². The molecule has 1 aromatic heterocycles. The van der Waals surface area contributed by atoms with Crippen molar-refractivity contribution in [1.29, 1.82) is 0 Å². The Hall–Kier alpha value is -0.950. The van der Waals surface area contributed by atoms with Gasteiger partial charge in [0.25, 0.3) is 0 Å². The zero-order chi connectivity index (χ0) is 15.0. The van der Waals surface area contributed by atoms with E-state index in [1.165, 1.54) is 10.6 Å². The predicted octanol–water partition coefficient (Wildman–Crippen LogP) is 1.80. The Morgan fingerprint density at radius 2 is 2.05 bits per heavy atom. The molecule has 0 aromatic carbocycles. The molecule has 1 aliphatic heterocycles. The maximum atomic E-state index is 11.6. The highest BCUT2D eigenvalue weighted by molar-refractivity contribution is 7.88. The van der Waals surface area contributed by atoms with Crippen LogP contribution in [0.2, 0.25) is 0 Å². The third-order valence-corrected chi connectivity index (χ3v) is 4.64. The van der Waals surface area contributed by atoms with Crippen molar-refractivity contribution < 1.29 is 12.8 Å². The first-order valence-corrected chi connectivity index (χ1v) is 8.77. The van der Waals surface area contributed by atoms with Crippen LogP contribution >= 0.6 is 0 Å². The van der Waals surface area contributed by atoms with Crippen LogP contribution < -0.4 is 0 Å². The molecular weight excluding hydrogens is 278 g/mol. The lowest BCUT2D eigenvalue weighted by Crippen LogP contribution is -2.38. The van der Waals surface area contributed by atoms with Gasteiger partial charge >= 0.3 is 0 Å². The molecule has 1 aliphatic rings. The Morgan fingerprint density at radius 1 is 1.35 bits per heavy atom. The number of nitrogens with zero attached hydrogens (tertiary/aromatic N) is 3. The molecule has 7 heteroatoms. The minimum Gasteiger partial charge on any atom is -0.425 e. The summed E-state index contributed by atoms with van der Waals surface area (Å²) >= 11 is 0. The predicted molar refractivity (Wildman–Crippen MR) is 75.8 cm³/mol. The van der Waals surface area contributed by atoms with Gasteiger partial charge < -0.3 is 4.42 Å². The number of rotatable bonds is 3. The van der Waals surface area contributed by atoms with Crippen LogP contribution in [-0.2, 0) is 16.4 Å². The highest BCUT2D eigenvalue weighted by Gasteiger charge is 2.30. The fourth-order valence-electron chi connectivity index (χ4n) is 2.40. The first kappa shape index (κ1) is 15.4. The van der Waals surface area contributed by atoms with Crippen LogP contribution in [0.3, 0.4) is 0 Å². The summed E-state index contributed by atoms with van der Waals surface area (Å²) in [5, 5.41) is 8.18. The molecule has 0 bridgehead atoms. The molecule has 1 fully saturated rings. The second kappa shape index (κ2) is 5.44. The number of aromatic nitrogens is 2. The van der Waals surface area contributed by atoms with Gasteiger partial charge in [-0.1, -0.05) is 20.8 Å². The normalized spacial score (nSPS) is 22.1. The van der Waals surface area contributed by atoms with E-state index in [9.17, 15) is 8.42 Å². The van der Waals surface area contributed by atoms with Crippen LogP contribution in [-0.4, -0.2) is 42.3 Å². The summed E-state index contributed by atoms with van der Waals surface area (Å²) in [7, 11) is -3.15. The molecule has 1 aromatic rings. The minimum atomic E-state index is -3.15. The van der Waals surface area contributed by atoms with Gasteiger partial charge in [-0.3, -0.25) is 0 Å². The van der Waals surface area contributed by atoms with Crippen LogP contribution in [0.15, 0.2) is 4.42 Å². The molecule has 114 valence electrons. The van der Waals surface area contributed by atoms with Crippen molar-refractivity contribution in [2.24, 2.45) is 5.41 Å². The maximum Gasteiger partial charge on any atom is 0.220 e. The molecule has 0 amide bonds. The smallest absolute Gasteiger partial charge is 0.220 e.